The summed E-state index contributed by atoms with van der Waals surface area (Å²) >= 11 is 0. The first-order valence-electron chi connectivity index (χ1n) is 9.88. The summed E-state index contributed by atoms with van der Waals surface area (Å²) in [4.78, 5) is 37.4. The van der Waals surface area contributed by atoms with Crippen LogP contribution < -0.4 is 5.32 Å². The summed E-state index contributed by atoms with van der Waals surface area (Å²) in [5.74, 6) is -3.27. The number of rotatable bonds is 8. The van der Waals surface area contributed by atoms with Gasteiger partial charge in [-0.15, -0.1) is 0 Å². The maximum atomic E-state index is 13.1. The van der Waals surface area contributed by atoms with E-state index in [2.05, 4.69) is 5.32 Å². The lowest BCUT2D eigenvalue weighted by molar-refractivity contribution is -0.192. The minimum absolute atomic E-state index is 0.0603. The highest BCUT2D eigenvalue weighted by atomic mass is 19.4. The molecule has 0 aliphatic carbocycles. The zero-order chi connectivity index (χ0) is 24.1. The van der Waals surface area contributed by atoms with Gasteiger partial charge in [-0.1, -0.05) is 0 Å². The number of benzene rings is 1. The molecule has 0 bridgehead atoms. The highest BCUT2D eigenvalue weighted by Gasteiger charge is 2.38. The highest BCUT2D eigenvalue weighted by molar-refractivity contribution is 5.94. The standard InChI is InChI=1S/C18H26FN3O3.C2HF3O2/c1-25-14-2-10-22(18(24)15-3-5-16(19)6-4-15)11-7-17(23)21-12-8-20-9-13-21;3-2(4,5)1(6)7/h3-6,20H,2,7-14H2,1H3;(H,6,7). The van der Waals surface area contributed by atoms with Gasteiger partial charge in [0.2, 0.25) is 5.91 Å². The third-order valence-electron chi connectivity index (χ3n) is 4.46. The molecule has 12 heteroatoms. The quantitative estimate of drug-likeness (QED) is 0.449. The Labute approximate surface area is 183 Å². The summed E-state index contributed by atoms with van der Waals surface area (Å²) in [6, 6.07) is 5.48. The summed E-state index contributed by atoms with van der Waals surface area (Å²) in [6.45, 7) is 4.40. The number of nitrogens with zero attached hydrogens (tertiary/aromatic N) is 2. The third kappa shape index (κ3) is 10.1. The van der Waals surface area contributed by atoms with Crippen molar-refractivity contribution < 1.29 is 41.8 Å². The molecule has 1 aromatic carbocycles. The molecule has 0 saturated carbocycles. The van der Waals surface area contributed by atoms with E-state index in [4.69, 9.17) is 14.6 Å². The number of alkyl halides is 3. The fourth-order valence-corrected chi connectivity index (χ4v) is 2.79. The molecule has 8 nitrogen and oxygen atoms in total. The summed E-state index contributed by atoms with van der Waals surface area (Å²) in [5, 5.41) is 10.3. The van der Waals surface area contributed by atoms with Gasteiger partial charge in [0.05, 0.1) is 0 Å². The van der Waals surface area contributed by atoms with Gasteiger partial charge in [0.25, 0.3) is 5.91 Å². The Kier molecular flexibility index (Phi) is 11.6. The zero-order valence-corrected chi connectivity index (χ0v) is 17.7. The van der Waals surface area contributed by atoms with Gasteiger partial charge in [-0.3, -0.25) is 9.59 Å². The number of carbonyl (C=O) groups excluding carboxylic acids is 2. The second-order valence-corrected chi connectivity index (χ2v) is 6.83. The van der Waals surface area contributed by atoms with Crippen molar-refractivity contribution in [2.24, 2.45) is 0 Å². The number of methoxy groups -OCH3 is 1. The van der Waals surface area contributed by atoms with Gasteiger partial charge in [0.1, 0.15) is 5.82 Å². The summed E-state index contributed by atoms with van der Waals surface area (Å²) in [6.07, 6.45) is -4.11. The molecule has 0 atom stereocenters. The van der Waals surface area contributed by atoms with Crippen LogP contribution >= 0.6 is 0 Å². The molecular formula is C20H27F4N3O5. The molecular weight excluding hydrogens is 438 g/mol. The summed E-state index contributed by atoms with van der Waals surface area (Å²) in [7, 11) is 1.61. The molecule has 180 valence electrons. The number of nitrogens with one attached hydrogen (secondary N) is 1. The smallest absolute Gasteiger partial charge is 0.475 e. The Morgan fingerprint density at radius 2 is 1.69 bits per heavy atom. The largest absolute Gasteiger partial charge is 0.490 e. The van der Waals surface area contributed by atoms with Crippen LogP contribution in [-0.2, 0) is 14.3 Å². The van der Waals surface area contributed by atoms with Crippen LogP contribution in [0.5, 0.6) is 0 Å². The van der Waals surface area contributed by atoms with Gasteiger partial charge in [0, 0.05) is 65.0 Å². The number of carboxylic acid groups (broad SMARTS) is 1. The molecule has 1 fully saturated rings. The van der Waals surface area contributed by atoms with Crippen molar-refractivity contribution in [1.29, 1.82) is 0 Å². The van der Waals surface area contributed by atoms with E-state index >= 15 is 0 Å². The van der Waals surface area contributed by atoms with Crippen molar-refractivity contribution in [3.05, 3.63) is 35.6 Å². The average Bonchev–Trinajstić information content (AvgIpc) is 2.76. The average molecular weight is 465 g/mol. The first kappa shape index (κ1) is 27.3. The van der Waals surface area contributed by atoms with E-state index in [0.29, 0.717) is 51.2 Å². The predicted molar refractivity (Wildman–Crippen MR) is 107 cm³/mol. The molecule has 1 aromatic rings. The fourth-order valence-electron chi connectivity index (χ4n) is 2.79. The van der Waals surface area contributed by atoms with Crippen LogP contribution in [0, 0.1) is 5.82 Å². The second kappa shape index (κ2) is 13.6. The Bertz CT molecular complexity index is 738. The van der Waals surface area contributed by atoms with E-state index in [1.54, 1.807) is 12.0 Å². The van der Waals surface area contributed by atoms with Crippen molar-refractivity contribution in [2.75, 3.05) is 53.0 Å². The Balaban J connectivity index is 0.000000633. The van der Waals surface area contributed by atoms with E-state index < -0.39 is 12.1 Å². The van der Waals surface area contributed by atoms with E-state index in [1.165, 1.54) is 24.3 Å². The lowest BCUT2D eigenvalue weighted by atomic mass is 10.1. The van der Waals surface area contributed by atoms with Gasteiger partial charge in [-0.25, -0.2) is 9.18 Å². The van der Waals surface area contributed by atoms with Crippen LogP contribution in [0.15, 0.2) is 24.3 Å². The number of hydrogen-bond acceptors (Lipinski definition) is 5. The monoisotopic (exact) mass is 465 g/mol. The van der Waals surface area contributed by atoms with E-state index in [0.717, 1.165) is 13.1 Å². The third-order valence-corrected chi connectivity index (χ3v) is 4.46. The first-order valence-corrected chi connectivity index (χ1v) is 9.88. The Morgan fingerprint density at radius 3 is 2.19 bits per heavy atom. The van der Waals surface area contributed by atoms with Crippen LogP contribution in [0.25, 0.3) is 0 Å². The molecule has 2 amide bonds. The van der Waals surface area contributed by atoms with E-state index in [-0.39, 0.29) is 17.6 Å². The predicted octanol–water partition coefficient (Wildman–Crippen LogP) is 1.76. The minimum atomic E-state index is -5.08. The lowest BCUT2D eigenvalue weighted by Gasteiger charge is -2.29. The molecule has 0 aromatic heterocycles. The van der Waals surface area contributed by atoms with Crippen molar-refractivity contribution in [3.8, 4) is 0 Å². The van der Waals surface area contributed by atoms with Gasteiger partial charge >= 0.3 is 12.1 Å². The van der Waals surface area contributed by atoms with Crippen molar-refractivity contribution in [2.45, 2.75) is 19.0 Å². The van der Waals surface area contributed by atoms with E-state index in [1.807, 2.05) is 4.90 Å². The van der Waals surface area contributed by atoms with Crippen molar-refractivity contribution in [1.82, 2.24) is 15.1 Å². The molecule has 0 spiro atoms. The summed E-state index contributed by atoms with van der Waals surface area (Å²) < 4.78 is 49.8. The van der Waals surface area contributed by atoms with Crippen LogP contribution in [0.4, 0.5) is 17.6 Å². The summed E-state index contributed by atoms with van der Waals surface area (Å²) in [5.41, 5.74) is 0.424. The van der Waals surface area contributed by atoms with Crippen molar-refractivity contribution >= 4 is 17.8 Å². The van der Waals surface area contributed by atoms with Crippen molar-refractivity contribution in [3.63, 3.8) is 0 Å². The molecule has 1 heterocycles. The molecule has 0 radical (unpaired) electrons. The normalized spacial score (nSPS) is 13.7. The molecule has 1 aliphatic heterocycles. The number of halogens is 4. The molecule has 2 rings (SSSR count). The molecule has 2 N–H and O–H groups in total. The van der Waals surface area contributed by atoms with E-state index in [9.17, 15) is 27.2 Å². The minimum Gasteiger partial charge on any atom is -0.475 e. The molecule has 1 saturated heterocycles. The Hall–Kier alpha value is -2.73. The number of hydrogen-bond donors (Lipinski definition) is 2. The Morgan fingerprint density at radius 1 is 1.12 bits per heavy atom. The number of aliphatic carboxylic acids is 1. The van der Waals surface area contributed by atoms with Gasteiger partial charge in [-0.05, 0) is 30.7 Å². The SMILES string of the molecule is COCCCN(CCC(=O)N1CCNCC1)C(=O)c1ccc(F)cc1.O=C(O)C(F)(F)F. The van der Waals surface area contributed by atoms with Gasteiger partial charge < -0.3 is 25.0 Å². The number of piperazine rings is 1. The number of amides is 2. The van der Waals surface area contributed by atoms with Gasteiger partial charge in [0.15, 0.2) is 0 Å². The molecule has 0 unspecified atom stereocenters. The maximum Gasteiger partial charge on any atom is 0.490 e. The van der Waals surface area contributed by atoms with Gasteiger partial charge in [-0.2, -0.15) is 13.2 Å². The topological polar surface area (TPSA) is 99.2 Å². The first-order chi connectivity index (χ1) is 15.1. The number of carboxylic acids is 1. The molecule has 32 heavy (non-hydrogen) atoms. The number of carbonyl (C=O) groups is 3. The highest BCUT2D eigenvalue weighted by Crippen LogP contribution is 2.13. The van der Waals surface area contributed by atoms with Crippen LogP contribution in [-0.4, -0.2) is 91.9 Å². The lowest BCUT2D eigenvalue weighted by Crippen LogP contribution is -2.47. The number of ether oxygens (including phenoxy) is 1. The maximum absolute atomic E-state index is 13.1. The fraction of sp³-hybridized carbons (Fsp3) is 0.550. The second-order valence-electron chi connectivity index (χ2n) is 6.83. The molecule has 1 aliphatic rings. The van der Waals surface area contributed by atoms with Crippen LogP contribution in [0.2, 0.25) is 0 Å². The zero-order valence-electron chi connectivity index (χ0n) is 17.7. The van der Waals surface area contributed by atoms with Crippen LogP contribution in [0.3, 0.4) is 0 Å². The van der Waals surface area contributed by atoms with Crippen LogP contribution in [0.1, 0.15) is 23.2 Å².